The van der Waals surface area contributed by atoms with E-state index >= 15 is 0 Å². The first-order valence-electron chi connectivity index (χ1n) is 7.17. The maximum atomic E-state index is 5.75. The van der Waals surface area contributed by atoms with Crippen molar-refractivity contribution in [1.82, 2.24) is 9.97 Å². The van der Waals surface area contributed by atoms with Crippen LogP contribution in [0.1, 0.15) is 22.6 Å². The molecule has 2 heterocycles. The van der Waals surface area contributed by atoms with Crippen LogP contribution < -0.4 is 10.1 Å². The molecule has 0 radical (unpaired) electrons. The van der Waals surface area contributed by atoms with Gasteiger partial charge in [-0.1, -0.05) is 15.9 Å². The number of hydrogen-bond donors (Lipinski definition) is 1. The molecule has 0 fully saturated rings. The van der Waals surface area contributed by atoms with Crippen LogP contribution in [-0.4, -0.2) is 23.7 Å². The van der Waals surface area contributed by atoms with Crippen molar-refractivity contribution < 1.29 is 9.47 Å². The third-order valence-electron chi connectivity index (χ3n) is 3.46. The van der Waals surface area contributed by atoms with E-state index in [-0.39, 0.29) is 0 Å². The summed E-state index contributed by atoms with van der Waals surface area (Å²) in [6.45, 7) is 3.77. The summed E-state index contributed by atoms with van der Waals surface area (Å²) in [5.74, 6) is 2.48. The zero-order valence-electron chi connectivity index (χ0n) is 12.6. The Bertz CT molecular complexity index is 691. The zero-order chi connectivity index (χ0) is 15.5. The molecule has 0 bridgehead atoms. The van der Waals surface area contributed by atoms with Gasteiger partial charge in [0.1, 0.15) is 18.2 Å². The number of anilines is 1. The molecule has 1 aromatic heterocycles. The quantitative estimate of drug-likeness (QED) is 0.883. The fraction of sp³-hybridized carbons (Fsp3) is 0.375. The number of aromatic nitrogens is 2. The minimum Gasteiger partial charge on any atom is -0.493 e. The molecule has 0 saturated heterocycles. The fourth-order valence-corrected chi connectivity index (χ4v) is 3.13. The lowest BCUT2D eigenvalue weighted by molar-refractivity contribution is 0.177. The van der Waals surface area contributed by atoms with Crippen LogP contribution in [0.4, 0.5) is 5.82 Å². The van der Waals surface area contributed by atoms with Gasteiger partial charge >= 0.3 is 0 Å². The summed E-state index contributed by atoms with van der Waals surface area (Å²) in [4.78, 5) is 8.80. The van der Waals surface area contributed by atoms with Crippen molar-refractivity contribution in [1.29, 1.82) is 0 Å². The third kappa shape index (κ3) is 3.39. The Kier molecular flexibility index (Phi) is 4.59. The molecular formula is C16H18BrN3O2. The second-order valence-corrected chi connectivity index (χ2v) is 6.16. The van der Waals surface area contributed by atoms with Crippen molar-refractivity contribution in [2.24, 2.45) is 0 Å². The van der Waals surface area contributed by atoms with E-state index < -0.39 is 0 Å². The molecule has 0 amide bonds. The zero-order valence-corrected chi connectivity index (χ0v) is 14.2. The molecule has 1 aliphatic heterocycles. The van der Waals surface area contributed by atoms with Crippen molar-refractivity contribution in [2.75, 3.05) is 19.0 Å². The lowest BCUT2D eigenvalue weighted by Gasteiger charge is -2.12. The number of halogens is 1. The number of rotatable bonds is 5. The monoisotopic (exact) mass is 363 g/mol. The number of nitrogens with one attached hydrogen (secondary N) is 1. The highest BCUT2D eigenvalue weighted by atomic mass is 79.9. The Balaban J connectivity index is 1.78. The van der Waals surface area contributed by atoms with Gasteiger partial charge in [0.25, 0.3) is 0 Å². The predicted molar refractivity (Wildman–Crippen MR) is 88.1 cm³/mol. The van der Waals surface area contributed by atoms with Gasteiger partial charge in [-0.2, -0.15) is 0 Å². The van der Waals surface area contributed by atoms with Gasteiger partial charge < -0.3 is 14.8 Å². The molecule has 116 valence electrons. The van der Waals surface area contributed by atoms with Gasteiger partial charge in [-0.3, -0.25) is 0 Å². The van der Waals surface area contributed by atoms with Gasteiger partial charge in [-0.25, -0.2) is 9.97 Å². The summed E-state index contributed by atoms with van der Waals surface area (Å²) < 4.78 is 11.9. The molecule has 22 heavy (non-hydrogen) atoms. The van der Waals surface area contributed by atoms with Gasteiger partial charge in [-0.15, -0.1) is 0 Å². The number of aryl methyl sites for hydroxylation is 1. The Hall–Kier alpha value is -1.66. The molecule has 0 aliphatic carbocycles. The first-order chi connectivity index (χ1) is 10.7. The predicted octanol–water partition coefficient (Wildman–Crippen LogP) is 3.24. The third-order valence-corrected chi connectivity index (χ3v) is 3.92. The number of hydrogen-bond acceptors (Lipinski definition) is 5. The molecule has 1 N–H and O–H groups in total. The van der Waals surface area contributed by atoms with E-state index in [4.69, 9.17) is 9.47 Å². The summed E-state index contributed by atoms with van der Waals surface area (Å²) >= 11 is 3.56. The molecule has 0 unspecified atom stereocenters. The highest BCUT2D eigenvalue weighted by molar-refractivity contribution is 9.10. The van der Waals surface area contributed by atoms with Gasteiger partial charge in [-0.05, 0) is 24.6 Å². The lowest BCUT2D eigenvalue weighted by atomic mass is 10.1. The summed E-state index contributed by atoms with van der Waals surface area (Å²) in [6, 6.07) is 6.14. The molecular weight excluding hydrogens is 346 g/mol. The van der Waals surface area contributed by atoms with Crippen LogP contribution in [0.15, 0.2) is 22.7 Å². The van der Waals surface area contributed by atoms with E-state index in [0.717, 1.165) is 40.3 Å². The minimum absolute atomic E-state index is 0.408. The average molecular weight is 364 g/mol. The fourth-order valence-electron chi connectivity index (χ4n) is 2.58. The van der Waals surface area contributed by atoms with Gasteiger partial charge in [0.15, 0.2) is 5.82 Å². The smallest absolute Gasteiger partial charge is 0.156 e. The second-order valence-electron chi connectivity index (χ2n) is 5.25. The highest BCUT2D eigenvalue weighted by Gasteiger charge is 2.17. The van der Waals surface area contributed by atoms with Crippen LogP contribution in [0.2, 0.25) is 0 Å². The van der Waals surface area contributed by atoms with E-state index in [2.05, 4.69) is 43.3 Å². The molecule has 0 atom stereocenters. The van der Waals surface area contributed by atoms with Crippen molar-refractivity contribution in [2.45, 2.75) is 26.5 Å². The van der Waals surface area contributed by atoms with Gasteiger partial charge in [0.05, 0.1) is 6.61 Å². The van der Waals surface area contributed by atoms with E-state index in [1.165, 1.54) is 5.56 Å². The van der Waals surface area contributed by atoms with Gasteiger partial charge in [0.2, 0.25) is 0 Å². The number of nitrogens with zero attached hydrogens (tertiary/aromatic N) is 2. The Morgan fingerprint density at radius 3 is 3.00 bits per heavy atom. The van der Waals surface area contributed by atoms with Crippen LogP contribution in [0.3, 0.4) is 0 Å². The molecule has 0 saturated carbocycles. The number of methoxy groups -OCH3 is 1. The average Bonchev–Trinajstić information content (AvgIpc) is 2.92. The summed E-state index contributed by atoms with van der Waals surface area (Å²) in [5, 5.41) is 3.35. The normalized spacial score (nSPS) is 12.9. The van der Waals surface area contributed by atoms with Crippen LogP contribution in [0, 0.1) is 6.92 Å². The topological polar surface area (TPSA) is 56.3 Å². The first-order valence-corrected chi connectivity index (χ1v) is 7.96. The van der Waals surface area contributed by atoms with E-state index in [1.807, 2.05) is 13.0 Å². The Morgan fingerprint density at radius 2 is 2.18 bits per heavy atom. The molecule has 6 heteroatoms. The number of ether oxygens (including phenoxy) is 2. The molecule has 3 rings (SSSR count). The SMILES string of the molecule is COCc1nc(C)cc(NCc2cc(Br)cc3c2OCC3)n1. The maximum Gasteiger partial charge on any atom is 0.156 e. The second kappa shape index (κ2) is 6.62. The van der Waals surface area contributed by atoms with Crippen LogP contribution >= 0.6 is 15.9 Å². The van der Waals surface area contributed by atoms with Crippen LogP contribution in [0.5, 0.6) is 5.75 Å². The standard InChI is InChI=1S/C16H18BrN3O2/c1-10-5-14(20-15(19-10)9-21-2)18-8-12-7-13(17)6-11-3-4-22-16(11)12/h5-7H,3-4,8-9H2,1-2H3,(H,18,19,20). The highest BCUT2D eigenvalue weighted by Crippen LogP contribution is 2.33. The van der Waals surface area contributed by atoms with Crippen LogP contribution in [0.25, 0.3) is 0 Å². The van der Waals surface area contributed by atoms with Crippen molar-refractivity contribution in [3.05, 3.63) is 45.3 Å². The molecule has 5 nitrogen and oxygen atoms in total. The number of fused-ring (bicyclic) bond motifs is 1. The molecule has 1 aliphatic rings. The van der Waals surface area contributed by atoms with E-state index in [9.17, 15) is 0 Å². The minimum atomic E-state index is 0.408. The first kappa shape index (κ1) is 15.2. The summed E-state index contributed by atoms with van der Waals surface area (Å²) in [5.41, 5.74) is 3.30. The summed E-state index contributed by atoms with van der Waals surface area (Å²) in [7, 11) is 1.64. The number of benzene rings is 1. The van der Waals surface area contributed by atoms with Crippen LogP contribution in [-0.2, 0) is 24.3 Å². The Labute approximate surface area is 138 Å². The molecule has 1 aromatic carbocycles. The molecule has 0 spiro atoms. The largest absolute Gasteiger partial charge is 0.493 e. The van der Waals surface area contributed by atoms with Crippen molar-refractivity contribution in [3.8, 4) is 5.75 Å². The molecule has 2 aromatic rings. The van der Waals surface area contributed by atoms with E-state index in [0.29, 0.717) is 19.0 Å². The van der Waals surface area contributed by atoms with Gasteiger partial charge in [0, 0.05) is 41.9 Å². The summed E-state index contributed by atoms with van der Waals surface area (Å²) in [6.07, 6.45) is 0.965. The Morgan fingerprint density at radius 1 is 1.32 bits per heavy atom. The van der Waals surface area contributed by atoms with E-state index in [1.54, 1.807) is 7.11 Å². The maximum absolute atomic E-state index is 5.75. The van der Waals surface area contributed by atoms with Crippen molar-refractivity contribution >= 4 is 21.7 Å². The van der Waals surface area contributed by atoms with Crippen molar-refractivity contribution in [3.63, 3.8) is 0 Å². The lowest BCUT2D eigenvalue weighted by Crippen LogP contribution is -2.07.